The molecule has 0 radical (unpaired) electrons. The summed E-state index contributed by atoms with van der Waals surface area (Å²) < 4.78 is 17.1. The molecule has 3 nitrogen and oxygen atoms in total. The third-order valence-corrected chi connectivity index (χ3v) is 2.97. The maximum absolute atomic E-state index is 5.90. The zero-order valence-corrected chi connectivity index (χ0v) is 7.62. The average molecular weight is 182 g/mol. The number of hydrogen-bond donors (Lipinski definition) is 0. The summed E-state index contributed by atoms with van der Waals surface area (Å²) in [4.78, 5) is 0. The molecule has 0 aromatic heterocycles. The number of hydrogen-bond acceptors (Lipinski definition) is 3. The van der Waals surface area contributed by atoms with Gasteiger partial charge in [0.1, 0.15) is 0 Å². The highest BCUT2D eigenvalue weighted by molar-refractivity contribution is 5.13. The molecule has 72 valence electrons. The molecular weight excluding hydrogens is 168 g/mol. The molecule has 3 aliphatic rings. The highest BCUT2D eigenvalue weighted by atomic mass is 16.8. The van der Waals surface area contributed by atoms with E-state index in [1.165, 1.54) is 0 Å². The van der Waals surface area contributed by atoms with Crippen molar-refractivity contribution in [2.45, 2.75) is 37.3 Å². The molecule has 13 heavy (non-hydrogen) atoms. The smallest absolute Gasteiger partial charge is 0.191 e. The van der Waals surface area contributed by atoms with Crippen LogP contribution < -0.4 is 0 Å². The Morgan fingerprint density at radius 1 is 0.846 bits per heavy atom. The van der Waals surface area contributed by atoms with Crippen molar-refractivity contribution in [2.75, 3.05) is 13.2 Å². The summed E-state index contributed by atoms with van der Waals surface area (Å²) in [6.07, 6.45) is 8.17. The summed E-state index contributed by atoms with van der Waals surface area (Å²) in [6.45, 7) is 1.61. The van der Waals surface area contributed by atoms with Gasteiger partial charge in [0.05, 0.1) is 13.2 Å². The summed E-state index contributed by atoms with van der Waals surface area (Å²) in [7, 11) is 0. The SMILES string of the molecule is C1=CC2(CCCO2)OC12CCCO2. The minimum atomic E-state index is -0.440. The van der Waals surface area contributed by atoms with Crippen molar-refractivity contribution in [3.05, 3.63) is 12.2 Å². The number of ether oxygens (including phenoxy) is 3. The molecule has 3 rings (SSSR count). The normalized spacial score (nSPS) is 48.6. The summed E-state index contributed by atoms with van der Waals surface area (Å²) >= 11 is 0. The highest BCUT2D eigenvalue weighted by Gasteiger charge is 2.49. The van der Waals surface area contributed by atoms with Crippen molar-refractivity contribution < 1.29 is 14.2 Å². The van der Waals surface area contributed by atoms with Gasteiger partial charge in [0.25, 0.3) is 0 Å². The second-order valence-electron chi connectivity index (χ2n) is 3.96. The molecule has 2 unspecified atom stereocenters. The number of rotatable bonds is 0. The summed E-state index contributed by atoms with van der Waals surface area (Å²) in [5, 5.41) is 0. The third-order valence-electron chi connectivity index (χ3n) is 2.97. The van der Waals surface area contributed by atoms with Gasteiger partial charge in [0.15, 0.2) is 11.6 Å². The van der Waals surface area contributed by atoms with Gasteiger partial charge in [-0.05, 0) is 25.0 Å². The van der Waals surface area contributed by atoms with Crippen LogP contribution in [0.2, 0.25) is 0 Å². The van der Waals surface area contributed by atoms with Gasteiger partial charge in [-0.3, -0.25) is 0 Å². The Balaban J connectivity index is 1.81. The van der Waals surface area contributed by atoms with E-state index in [9.17, 15) is 0 Å². The van der Waals surface area contributed by atoms with E-state index in [4.69, 9.17) is 14.2 Å². The standard InChI is InChI=1S/C10H14O3/c1-3-9(11-7-1)5-6-10(13-9)4-2-8-12-10/h5-6H,1-4,7-8H2. The molecule has 2 fully saturated rings. The zero-order valence-electron chi connectivity index (χ0n) is 7.62. The van der Waals surface area contributed by atoms with Crippen molar-refractivity contribution in [3.8, 4) is 0 Å². The minimum Gasteiger partial charge on any atom is -0.346 e. The predicted octanol–water partition coefficient (Wildman–Crippen LogP) is 1.59. The van der Waals surface area contributed by atoms with Gasteiger partial charge in [0, 0.05) is 12.8 Å². The first kappa shape index (κ1) is 7.97. The maximum Gasteiger partial charge on any atom is 0.191 e. The van der Waals surface area contributed by atoms with E-state index in [1.54, 1.807) is 0 Å². The van der Waals surface area contributed by atoms with Crippen LogP contribution in [0.25, 0.3) is 0 Å². The highest BCUT2D eigenvalue weighted by Crippen LogP contribution is 2.43. The summed E-state index contributed by atoms with van der Waals surface area (Å²) in [5.74, 6) is -0.880. The Kier molecular flexibility index (Phi) is 1.57. The maximum atomic E-state index is 5.90. The van der Waals surface area contributed by atoms with Crippen LogP contribution >= 0.6 is 0 Å². The Labute approximate surface area is 77.7 Å². The second kappa shape index (κ2) is 2.56. The van der Waals surface area contributed by atoms with E-state index in [0.717, 1.165) is 38.9 Å². The van der Waals surface area contributed by atoms with Crippen LogP contribution in [0.3, 0.4) is 0 Å². The van der Waals surface area contributed by atoms with E-state index in [2.05, 4.69) is 0 Å². The van der Waals surface area contributed by atoms with Crippen LogP contribution in [-0.4, -0.2) is 24.8 Å². The van der Waals surface area contributed by atoms with Gasteiger partial charge < -0.3 is 14.2 Å². The Hall–Kier alpha value is -0.380. The monoisotopic (exact) mass is 182 g/mol. The molecule has 3 heterocycles. The van der Waals surface area contributed by atoms with Crippen LogP contribution in [0.15, 0.2) is 12.2 Å². The van der Waals surface area contributed by atoms with E-state index in [1.807, 2.05) is 12.2 Å². The Morgan fingerprint density at radius 2 is 1.38 bits per heavy atom. The molecule has 3 aliphatic heterocycles. The van der Waals surface area contributed by atoms with E-state index >= 15 is 0 Å². The lowest BCUT2D eigenvalue weighted by Gasteiger charge is -2.28. The molecule has 0 bridgehead atoms. The molecular formula is C10H14O3. The summed E-state index contributed by atoms with van der Waals surface area (Å²) in [5.41, 5.74) is 0. The average Bonchev–Trinajstić information content (AvgIpc) is 2.81. The molecule has 2 atom stereocenters. The van der Waals surface area contributed by atoms with Crippen LogP contribution in [0, 0.1) is 0 Å². The van der Waals surface area contributed by atoms with Gasteiger partial charge in [-0.2, -0.15) is 0 Å². The van der Waals surface area contributed by atoms with Crippen molar-refractivity contribution >= 4 is 0 Å². The fourth-order valence-corrected chi connectivity index (χ4v) is 2.31. The molecule has 3 heteroatoms. The first-order valence-corrected chi connectivity index (χ1v) is 5.01. The van der Waals surface area contributed by atoms with Crippen LogP contribution in [0.5, 0.6) is 0 Å². The zero-order chi connectivity index (χ0) is 8.78. The van der Waals surface area contributed by atoms with Crippen LogP contribution in [0.4, 0.5) is 0 Å². The molecule has 0 aliphatic carbocycles. The minimum absolute atomic E-state index is 0.440. The van der Waals surface area contributed by atoms with Crippen molar-refractivity contribution in [2.24, 2.45) is 0 Å². The van der Waals surface area contributed by atoms with Gasteiger partial charge in [-0.25, -0.2) is 0 Å². The Morgan fingerprint density at radius 3 is 1.77 bits per heavy atom. The second-order valence-corrected chi connectivity index (χ2v) is 3.96. The lowest BCUT2D eigenvalue weighted by atomic mass is 10.2. The Bertz CT molecular complexity index is 211. The largest absolute Gasteiger partial charge is 0.346 e. The predicted molar refractivity (Wildman–Crippen MR) is 46.1 cm³/mol. The molecule has 0 aromatic rings. The van der Waals surface area contributed by atoms with Crippen molar-refractivity contribution in [3.63, 3.8) is 0 Å². The molecule has 2 spiro atoms. The summed E-state index contributed by atoms with van der Waals surface area (Å²) in [6, 6.07) is 0. The molecule has 0 amide bonds. The van der Waals surface area contributed by atoms with Gasteiger partial charge in [-0.15, -0.1) is 0 Å². The fourth-order valence-electron chi connectivity index (χ4n) is 2.31. The molecule has 0 N–H and O–H groups in total. The van der Waals surface area contributed by atoms with Crippen molar-refractivity contribution in [1.29, 1.82) is 0 Å². The van der Waals surface area contributed by atoms with Crippen LogP contribution in [-0.2, 0) is 14.2 Å². The van der Waals surface area contributed by atoms with Gasteiger partial charge in [0.2, 0.25) is 0 Å². The topological polar surface area (TPSA) is 27.7 Å². The third kappa shape index (κ3) is 1.15. The lowest BCUT2D eigenvalue weighted by Crippen LogP contribution is -2.35. The molecule has 0 aromatic carbocycles. The van der Waals surface area contributed by atoms with E-state index < -0.39 is 11.6 Å². The lowest BCUT2D eigenvalue weighted by molar-refractivity contribution is -0.279. The van der Waals surface area contributed by atoms with E-state index in [-0.39, 0.29) is 0 Å². The van der Waals surface area contributed by atoms with Gasteiger partial charge in [-0.1, -0.05) is 0 Å². The van der Waals surface area contributed by atoms with E-state index in [0.29, 0.717) is 0 Å². The molecule has 2 saturated heterocycles. The first-order valence-electron chi connectivity index (χ1n) is 5.01. The fraction of sp³-hybridized carbons (Fsp3) is 0.800. The van der Waals surface area contributed by atoms with Crippen LogP contribution in [0.1, 0.15) is 25.7 Å². The quantitative estimate of drug-likeness (QED) is 0.532. The first-order chi connectivity index (χ1) is 6.33. The van der Waals surface area contributed by atoms with Crippen molar-refractivity contribution in [1.82, 2.24) is 0 Å². The molecule has 0 saturated carbocycles. The van der Waals surface area contributed by atoms with Gasteiger partial charge >= 0.3 is 0 Å².